The molecule has 0 aliphatic carbocycles. The average molecular weight is 413 g/mol. The van der Waals surface area contributed by atoms with Crippen LogP contribution in [0.4, 0.5) is 8.78 Å². The minimum atomic E-state index is -2.99. The maximum absolute atomic E-state index is 12.7. The summed E-state index contributed by atoms with van der Waals surface area (Å²) in [5, 5.41) is 10.1. The number of benzene rings is 2. The van der Waals surface area contributed by atoms with E-state index in [2.05, 4.69) is 14.9 Å². The van der Waals surface area contributed by atoms with Gasteiger partial charge in [0.15, 0.2) is 16.6 Å². The van der Waals surface area contributed by atoms with Gasteiger partial charge in [-0.2, -0.15) is 8.78 Å². The van der Waals surface area contributed by atoms with Gasteiger partial charge in [-0.25, -0.2) is 0 Å². The molecule has 0 saturated heterocycles. The van der Waals surface area contributed by atoms with Crippen LogP contribution in [0.3, 0.4) is 0 Å². The van der Waals surface area contributed by atoms with Crippen LogP contribution in [0.1, 0.15) is 21.5 Å². The summed E-state index contributed by atoms with van der Waals surface area (Å²) in [5.74, 6) is -0.419. The Morgan fingerprint density at radius 2 is 1.93 bits per heavy atom. The van der Waals surface area contributed by atoms with Gasteiger partial charge in [-0.1, -0.05) is 41.6 Å². The highest BCUT2D eigenvalue weighted by Gasteiger charge is 2.18. The number of ketones is 1. The van der Waals surface area contributed by atoms with Gasteiger partial charge in [0.1, 0.15) is 5.75 Å². The quantitative estimate of drug-likeness (QED) is 0.326. The van der Waals surface area contributed by atoms with E-state index in [1.807, 2.05) is 41.7 Å². The fourth-order valence-corrected chi connectivity index (χ4v) is 4.07. The summed E-state index contributed by atoms with van der Waals surface area (Å²) in [4.78, 5) is 12.7. The molecule has 29 heavy (non-hydrogen) atoms. The molecule has 0 aliphatic rings. The van der Waals surface area contributed by atoms with Crippen molar-refractivity contribution in [2.75, 3.05) is 5.75 Å². The highest BCUT2D eigenvalue weighted by molar-refractivity contribution is 7.99. The lowest BCUT2D eigenvalue weighted by Crippen LogP contribution is -2.10. The molecule has 0 bridgehead atoms. The number of aromatic nitrogens is 3. The molecule has 0 saturated carbocycles. The van der Waals surface area contributed by atoms with Gasteiger partial charge in [-0.15, -0.1) is 10.2 Å². The van der Waals surface area contributed by atoms with Crippen LogP contribution >= 0.6 is 11.8 Å². The first kappa shape index (κ1) is 19.3. The van der Waals surface area contributed by atoms with Crippen molar-refractivity contribution in [2.45, 2.75) is 25.6 Å². The zero-order valence-electron chi connectivity index (χ0n) is 15.7. The lowest BCUT2D eigenvalue weighted by molar-refractivity contribution is -0.0501. The Morgan fingerprint density at radius 1 is 1.14 bits per heavy atom. The number of nitrogens with zero attached hydrogens (tertiary/aromatic N) is 3. The largest absolute Gasteiger partial charge is 0.434 e. The molecule has 2 aromatic heterocycles. The Balaban J connectivity index is 1.65. The van der Waals surface area contributed by atoms with Gasteiger partial charge in [0, 0.05) is 5.39 Å². The lowest BCUT2D eigenvalue weighted by Gasteiger charge is -2.11. The molecule has 5 nitrogen and oxygen atoms in total. The summed E-state index contributed by atoms with van der Waals surface area (Å²) < 4.78 is 31.7. The molecule has 148 valence electrons. The molecule has 8 heteroatoms. The van der Waals surface area contributed by atoms with Crippen molar-refractivity contribution < 1.29 is 18.3 Å². The van der Waals surface area contributed by atoms with E-state index >= 15 is 0 Å². The van der Waals surface area contributed by atoms with Crippen LogP contribution in [0.2, 0.25) is 0 Å². The monoisotopic (exact) mass is 413 g/mol. The van der Waals surface area contributed by atoms with Gasteiger partial charge in [0.05, 0.1) is 16.8 Å². The molecule has 0 spiro atoms. The predicted octanol–water partition coefficient (Wildman–Crippen LogP) is 5.08. The van der Waals surface area contributed by atoms with Crippen LogP contribution < -0.4 is 4.74 Å². The lowest BCUT2D eigenvalue weighted by atomic mass is 10.1. The number of alkyl halides is 2. The first-order valence-electron chi connectivity index (χ1n) is 8.89. The Bertz CT molecular complexity index is 1220. The van der Waals surface area contributed by atoms with Gasteiger partial charge in [0.25, 0.3) is 0 Å². The molecule has 0 radical (unpaired) electrons. The van der Waals surface area contributed by atoms with Crippen molar-refractivity contribution in [3.8, 4) is 5.75 Å². The number of halogens is 2. The van der Waals surface area contributed by atoms with Gasteiger partial charge < -0.3 is 4.74 Å². The van der Waals surface area contributed by atoms with Gasteiger partial charge in [-0.3, -0.25) is 9.20 Å². The third-order valence-electron chi connectivity index (χ3n) is 4.56. The molecule has 0 N–H and O–H groups in total. The standard InChI is InChI=1S/C21H17F2N3O2S/c1-12-7-8-18(28-20(22)23)15(9-12)17(27)11-29-21-25-24-19-10-13(2)14-5-3-4-6-16(14)26(19)21/h3-10,20H,11H2,1-2H3. The number of aryl methyl sites for hydroxylation is 2. The molecular formula is C21H17F2N3O2S. The van der Waals surface area contributed by atoms with Crippen molar-refractivity contribution in [2.24, 2.45) is 0 Å². The molecule has 2 heterocycles. The highest BCUT2D eigenvalue weighted by atomic mass is 32.2. The minimum Gasteiger partial charge on any atom is -0.434 e. The van der Waals surface area contributed by atoms with Crippen LogP contribution in [0.15, 0.2) is 53.7 Å². The molecule has 2 aromatic carbocycles. The third-order valence-corrected chi connectivity index (χ3v) is 5.49. The van der Waals surface area contributed by atoms with Crippen LogP contribution in [0.5, 0.6) is 5.75 Å². The minimum absolute atomic E-state index is 0.0199. The van der Waals surface area contributed by atoms with E-state index in [-0.39, 0.29) is 22.8 Å². The number of carbonyl (C=O) groups excluding carboxylic acids is 1. The van der Waals surface area contributed by atoms with E-state index in [0.29, 0.717) is 10.8 Å². The highest BCUT2D eigenvalue weighted by Crippen LogP contribution is 2.28. The Hall–Kier alpha value is -3.00. The Kier molecular flexibility index (Phi) is 5.19. The number of para-hydroxylation sites is 1. The van der Waals surface area contributed by atoms with E-state index in [4.69, 9.17) is 0 Å². The first-order chi connectivity index (χ1) is 13.9. The Morgan fingerprint density at radius 3 is 2.72 bits per heavy atom. The van der Waals surface area contributed by atoms with Crippen molar-refractivity contribution in [1.29, 1.82) is 0 Å². The number of hydrogen-bond acceptors (Lipinski definition) is 5. The summed E-state index contributed by atoms with van der Waals surface area (Å²) in [6.45, 7) is 0.804. The van der Waals surface area contributed by atoms with Crippen LogP contribution in [0.25, 0.3) is 16.6 Å². The maximum Gasteiger partial charge on any atom is 0.387 e. The predicted molar refractivity (Wildman–Crippen MR) is 108 cm³/mol. The van der Waals surface area contributed by atoms with Gasteiger partial charge in [0.2, 0.25) is 0 Å². The number of fused-ring (bicyclic) bond motifs is 3. The summed E-state index contributed by atoms with van der Waals surface area (Å²) in [5.41, 5.74) is 3.64. The number of Topliss-reactive ketones (excluding diaryl/α,β-unsaturated/α-hetero) is 1. The molecule has 0 amide bonds. The van der Waals surface area contributed by atoms with E-state index in [1.165, 1.54) is 17.8 Å². The average Bonchev–Trinajstić information content (AvgIpc) is 3.10. The number of hydrogen-bond donors (Lipinski definition) is 0. The normalized spacial score (nSPS) is 11.5. The zero-order valence-corrected chi connectivity index (χ0v) is 16.5. The molecule has 4 rings (SSSR count). The summed E-state index contributed by atoms with van der Waals surface area (Å²) in [6, 6.07) is 14.4. The van der Waals surface area contributed by atoms with Crippen molar-refractivity contribution >= 4 is 34.1 Å². The number of thioether (sulfide) groups is 1. The van der Waals surface area contributed by atoms with Gasteiger partial charge in [-0.05, 0) is 43.7 Å². The van der Waals surface area contributed by atoms with E-state index < -0.39 is 6.61 Å². The third kappa shape index (κ3) is 3.80. The van der Waals surface area contributed by atoms with Crippen LogP contribution in [-0.4, -0.2) is 32.7 Å². The summed E-state index contributed by atoms with van der Waals surface area (Å²) in [7, 11) is 0. The summed E-state index contributed by atoms with van der Waals surface area (Å²) >= 11 is 1.21. The van der Waals surface area contributed by atoms with E-state index in [1.54, 1.807) is 19.1 Å². The van der Waals surface area contributed by atoms with Crippen LogP contribution in [-0.2, 0) is 0 Å². The van der Waals surface area contributed by atoms with E-state index in [0.717, 1.165) is 22.0 Å². The second-order valence-electron chi connectivity index (χ2n) is 6.61. The molecule has 0 fully saturated rings. The van der Waals surface area contributed by atoms with Crippen molar-refractivity contribution in [3.63, 3.8) is 0 Å². The van der Waals surface area contributed by atoms with Crippen molar-refractivity contribution in [3.05, 3.63) is 65.2 Å². The zero-order chi connectivity index (χ0) is 20.5. The number of ether oxygens (including phenoxy) is 1. The van der Waals surface area contributed by atoms with Gasteiger partial charge >= 0.3 is 6.61 Å². The second kappa shape index (κ2) is 7.79. The first-order valence-corrected chi connectivity index (χ1v) is 9.87. The maximum atomic E-state index is 12.7. The second-order valence-corrected chi connectivity index (χ2v) is 7.55. The van der Waals surface area contributed by atoms with E-state index in [9.17, 15) is 13.6 Å². The van der Waals surface area contributed by atoms with Crippen molar-refractivity contribution in [1.82, 2.24) is 14.6 Å². The fourth-order valence-electron chi connectivity index (χ4n) is 3.24. The molecule has 0 aliphatic heterocycles. The summed E-state index contributed by atoms with van der Waals surface area (Å²) in [6.07, 6.45) is 0. The molecule has 4 aromatic rings. The molecule has 0 atom stereocenters. The topological polar surface area (TPSA) is 56.5 Å². The number of rotatable bonds is 6. The molecule has 0 unspecified atom stereocenters. The fraction of sp³-hybridized carbons (Fsp3) is 0.190. The SMILES string of the molecule is Cc1ccc(OC(F)F)c(C(=O)CSc2nnc3cc(C)c4ccccc4n23)c1. The number of carbonyl (C=O) groups is 1. The van der Waals surface area contributed by atoms with Crippen LogP contribution in [0, 0.1) is 13.8 Å². The number of pyridine rings is 1. The smallest absolute Gasteiger partial charge is 0.387 e. The Labute approximate surface area is 169 Å². The molecular weight excluding hydrogens is 396 g/mol.